The van der Waals surface area contributed by atoms with Gasteiger partial charge in [-0.15, -0.1) is 0 Å². The van der Waals surface area contributed by atoms with Crippen molar-refractivity contribution in [2.75, 3.05) is 0 Å². The number of H-pyrrole nitrogens is 1. The summed E-state index contributed by atoms with van der Waals surface area (Å²) in [6, 6.07) is 14.7. The molecule has 7 heteroatoms. The van der Waals surface area contributed by atoms with Crippen LogP contribution in [0.4, 0.5) is 0 Å². The first-order valence-corrected chi connectivity index (χ1v) is 8.23. The van der Waals surface area contributed by atoms with Gasteiger partial charge in [0.2, 0.25) is 11.7 Å². The molecule has 7 nitrogen and oxygen atoms in total. The topological polar surface area (TPSA) is 93.8 Å². The average molecular weight is 348 g/mol. The number of aromatic amines is 1. The summed E-state index contributed by atoms with van der Waals surface area (Å²) in [4.78, 5) is 31.8. The van der Waals surface area contributed by atoms with Crippen molar-refractivity contribution in [2.24, 2.45) is 0 Å². The Balaban J connectivity index is 1.60. The van der Waals surface area contributed by atoms with Gasteiger partial charge in [-0.1, -0.05) is 41.1 Å². The zero-order chi connectivity index (χ0) is 18.1. The summed E-state index contributed by atoms with van der Waals surface area (Å²) in [7, 11) is 0. The third-order valence-electron chi connectivity index (χ3n) is 4.18. The van der Waals surface area contributed by atoms with Crippen molar-refractivity contribution in [1.82, 2.24) is 19.7 Å². The Bertz CT molecular complexity index is 1200. The molecule has 0 fully saturated rings. The monoisotopic (exact) mass is 348 g/mol. The summed E-state index contributed by atoms with van der Waals surface area (Å²) >= 11 is 0. The number of rotatable bonds is 4. The molecule has 0 unspecified atom stereocenters. The number of fused-ring (bicyclic) bond motifs is 1. The second kappa shape index (κ2) is 6.44. The van der Waals surface area contributed by atoms with Gasteiger partial charge in [0, 0.05) is 18.5 Å². The first-order chi connectivity index (χ1) is 12.6. The van der Waals surface area contributed by atoms with Crippen LogP contribution in [0.1, 0.15) is 11.5 Å². The van der Waals surface area contributed by atoms with Gasteiger partial charge in [-0.25, -0.2) is 4.79 Å². The molecule has 0 aliphatic carbocycles. The van der Waals surface area contributed by atoms with E-state index < -0.39 is 5.69 Å². The largest absolute Gasteiger partial charge is 0.339 e. The predicted octanol–water partition coefficient (Wildman–Crippen LogP) is 2.29. The lowest BCUT2D eigenvalue weighted by molar-refractivity contribution is 0.370. The van der Waals surface area contributed by atoms with Crippen LogP contribution in [-0.2, 0) is 13.0 Å². The molecule has 0 saturated carbocycles. The van der Waals surface area contributed by atoms with Gasteiger partial charge >= 0.3 is 5.69 Å². The van der Waals surface area contributed by atoms with E-state index in [1.54, 1.807) is 24.3 Å². The predicted molar refractivity (Wildman–Crippen MR) is 97.0 cm³/mol. The smallest absolute Gasteiger partial charge is 0.328 e. The van der Waals surface area contributed by atoms with Crippen LogP contribution in [0.5, 0.6) is 0 Å². The molecular formula is C19H16N4O3. The number of hydrogen-bond acceptors (Lipinski definition) is 5. The van der Waals surface area contributed by atoms with Crippen molar-refractivity contribution in [2.45, 2.75) is 19.9 Å². The molecule has 0 saturated heterocycles. The van der Waals surface area contributed by atoms with Gasteiger partial charge in [0.15, 0.2) is 0 Å². The fourth-order valence-corrected chi connectivity index (χ4v) is 2.87. The molecule has 0 atom stereocenters. The maximum atomic E-state index is 12.5. The van der Waals surface area contributed by atoms with Gasteiger partial charge in [0.25, 0.3) is 5.56 Å². The third-order valence-corrected chi connectivity index (χ3v) is 4.18. The zero-order valence-electron chi connectivity index (χ0n) is 14.1. The average Bonchev–Trinajstić information content (AvgIpc) is 3.10. The Morgan fingerprint density at radius 3 is 2.81 bits per heavy atom. The lowest BCUT2D eigenvalue weighted by Crippen LogP contribution is -2.35. The van der Waals surface area contributed by atoms with E-state index in [0.29, 0.717) is 29.0 Å². The highest BCUT2D eigenvalue weighted by atomic mass is 16.5. The standard InChI is InChI=1S/C19H16N4O3/c1-12-5-4-6-13(11-12)17-21-16(26-22-17)9-10-23-18(24)14-7-2-3-8-15(14)20-19(23)25/h2-8,11H,9-10H2,1H3,(H,20,25). The SMILES string of the molecule is Cc1cccc(-c2noc(CCn3c(=O)[nH]c4ccccc4c3=O)n2)c1. The summed E-state index contributed by atoms with van der Waals surface area (Å²) in [5.41, 5.74) is 1.71. The first kappa shape index (κ1) is 16.0. The van der Waals surface area contributed by atoms with Crippen LogP contribution < -0.4 is 11.2 Å². The molecule has 0 bridgehead atoms. The Labute approximate surface area is 147 Å². The van der Waals surface area contributed by atoms with E-state index in [9.17, 15) is 9.59 Å². The van der Waals surface area contributed by atoms with Crippen LogP contribution in [-0.4, -0.2) is 19.7 Å². The molecule has 4 aromatic rings. The van der Waals surface area contributed by atoms with Gasteiger partial charge in [0.05, 0.1) is 10.9 Å². The van der Waals surface area contributed by atoms with Crippen molar-refractivity contribution in [3.05, 3.63) is 80.8 Å². The molecule has 26 heavy (non-hydrogen) atoms. The maximum Gasteiger partial charge on any atom is 0.328 e. The lowest BCUT2D eigenvalue weighted by atomic mass is 10.1. The van der Waals surface area contributed by atoms with Crippen LogP contribution in [0.3, 0.4) is 0 Å². The third kappa shape index (κ3) is 2.95. The molecule has 1 N–H and O–H groups in total. The summed E-state index contributed by atoms with van der Waals surface area (Å²) in [6.45, 7) is 2.15. The van der Waals surface area contributed by atoms with E-state index in [1.807, 2.05) is 31.2 Å². The van der Waals surface area contributed by atoms with Gasteiger partial charge in [-0.05, 0) is 25.1 Å². The van der Waals surface area contributed by atoms with Crippen LogP contribution in [0.25, 0.3) is 22.3 Å². The van der Waals surface area contributed by atoms with Crippen molar-refractivity contribution in [1.29, 1.82) is 0 Å². The summed E-state index contributed by atoms with van der Waals surface area (Å²) in [5.74, 6) is 0.865. The maximum absolute atomic E-state index is 12.5. The number of nitrogens with one attached hydrogen (secondary N) is 1. The second-order valence-electron chi connectivity index (χ2n) is 6.06. The Kier molecular flexibility index (Phi) is 3.96. The number of para-hydroxylation sites is 1. The molecule has 4 rings (SSSR count). The van der Waals surface area contributed by atoms with Crippen LogP contribution in [0.2, 0.25) is 0 Å². The van der Waals surface area contributed by atoms with Gasteiger partial charge in [-0.2, -0.15) is 4.98 Å². The second-order valence-corrected chi connectivity index (χ2v) is 6.06. The fourth-order valence-electron chi connectivity index (χ4n) is 2.87. The van der Waals surface area contributed by atoms with E-state index in [1.165, 1.54) is 0 Å². The normalized spacial score (nSPS) is 11.1. The van der Waals surface area contributed by atoms with Crippen molar-refractivity contribution < 1.29 is 4.52 Å². The highest BCUT2D eigenvalue weighted by Crippen LogP contribution is 2.17. The van der Waals surface area contributed by atoms with E-state index in [-0.39, 0.29) is 12.1 Å². The lowest BCUT2D eigenvalue weighted by Gasteiger charge is -2.04. The van der Waals surface area contributed by atoms with Crippen LogP contribution >= 0.6 is 0 Å². The number of hydrogen-bond donors (Lipinski definition) is 1. The van der Waals surface area contributed by atoms with Crippen LogP contribution in [0, 0.1) is 6.92 Å². The highest BCUT2D eigenvalue weighted by Gasteiger charge is 2.11. The van der Waals surface area contributed by atoms with Gasteiger partial charge in [-0.3, -0.25) is 9.36 Å². The molecule has 0 aliphatic heterocycles. The Hall–Kier alpha value is -3.48. The van der Waals surface area contributed by atoms with Gasteiger partial charge in [0.1, 0.15) is 0 Å². The Morgan fingerprint density at radius 1 is 1.12 bits per heavy atom. The fraction of sp³-hybridized carbons (Fsp3) is 0.158. The van der Waals surface area contributed by atoms with E-state index in [2.05, 4.69) is 15.1 Å². The van der Waals surface area contributed by atoms with E-state index >= 15 is 0 Å². The van der Waals surface area contributed by atoms with Crippen molar-refractivity contribution in [3.63, 3.8) is 0 Å². The minimum Gasteiger partial charge on any atom is -0.339 e. The number of aryl methyl sites for hydroxylation is 2. The molecule has 130 valence electrons. The van der Waals surface area contributed by atoms with Crippen LogP contribution in [0.15, 0.2) is 62.6 Å². The minimum atomic E-state index is -0.452. The Morgan fingerprint density at radius 2 is 1.96 bits per heavy atom. The van der Waals surface area contributed by atoms with E-state index in [4.69, 9.17) is 4.52 Å². The number of benzene rings is 2. The molecule has 2 aromatic carbocycles. The first-order valence-electron chi connectivity index (χ1n) is 8.23. The summed E-state index contributed by atoms with van der Waals surface area (Å²) < 4.78 is 6.41. The summed E-state index contributed by atoms with van der Waals surface area (Å²) in [5, 5.41) is 4.45. The molecule has 2 aromatic heterocycles. The van der Waals surface area contributed by atoms with E-state index in [0.717, 1.165) is 15.7 Å². The quantitative estimate of drug-likeness (QED) is 0.611. The van der Waals surface area contributed by atoms with Crippen molar-refractivity contribution >= 4 is 10.9 Å². The minimum absolute atomic E-state index is 0.161. The van der Waals surface area contributed by atoms with Crippen molar-refractivity contribution in [3.8, 4) is 11.4 Å². The number of aromatic nitrogens is 4. The molecule has 2 heterocycles. The molecular weight excluding hydrogens is 332 g/mol. The number of nitrogens with zero attached hydrogens (tertiary/aromatic N) is 3. The van der Waals surface area contributed by atoms with Gasteiger partial charge < -0.3 is 9.51 Å². The molecule has 0 aliphatic rings. The molecule has 0 radical (unpaired) electrons. The zero-order valence-corrected chi connectivity index (χ0v) is 14.1. The molecule has 0 amide bonds. The highest BCUT2D eigenvalue weighted by molar-refractivity contribution is 5.76. The summed E-state index contributed by atoms with van der Waals surface area (Å²) in [6.07, 6.45) is 0.292. The molecule has 0 spiro atoms.